The van der Waals surface area contributed by atoms with E-state index in [0.29, 0.717) is 0 Å². The minimum absolute atomic E-state index is 0.0824. The molecule has 3 nitrogen and oxygen atoms in total. The summed E-state index contributed by atoms with van der Waals surface area (Å²) in [5.74, 6) is -0.371. The van der Waals surface area contributed by atoms with Crippen LogP contribution in [0.3, 0.4) is 0 Å². The molecule has 0 aliphatic rings. The first-order valence-electron chi connectivity index (χ1n) is 2.17. The summed E-state index contributed by atoms with van der Waals surface area (Å²) in [7, 11) is 0. The quantitative estimate of drug-likeness (QED) is 0.624. The molecule has 0 bridgehead atoms. The minimum atomic E-state index is -0.593. The van der Waals surface area contributed by atoms with Crippen molar-refractivity contribution in [3.8, 4) is 0 Å². The van der Waals surface area contributed by atoms with Crippen molar-refractivity contribution in [2.24, 2.45) is 0 Å². The fourth-order valence-corrected chi connectivity index (χ4v) is 0.442. The number of hydrogen-bond acceptors (Lipinski definition) is 3. The van der Waals surface area contributed by atoms with Gasteiger partial charge in [-0.2, -0.15) is 0 Å². The monoisotopic (exact) mass is 201 g/mol. The topological polar surface area (TPSA) is 46.5 Å². The van der Waals surface area contributed by atoms with Crippen molar-refractivity contribution < 1.29 is 33.5 Å². The predicted molar refractivity (Wildman–Crippen MR) is 22.4 cm³/mol. The third kappa shape index (κ3) is 4.28. The number of aliphatic hydroxyl groups is 1. The number of carbonyl (C=O) groups excluding carboxylic acids is 1. The number of carbonyl (C=O) groups is 1. The number of hydrogen-bond donors (Lipinski definition) is 1. The molecular weight excluding hydrogens is 192 g/mol. The first-order valence-corrected chi connectivity index (χ1v) is 2.99. The summed E-state index contributed by atoms with van der Waals surface area (Å²) in [4.78, 5) is 10.2. The van der Waals surface area contributed by atoms with Crippen molar-refractivity contribution >= 4 is 5.97 Å². The third-order valence-corrected chi connectivity index (χ3v) is 1.01. The molecule has 1 N–H and O–H groups in total. The average Bonchev–Trinajstić information content (AvgIpc) is 1.65. The Hall–Kier alpha value is 0.118. The number of aliphatic hydroxyl groups excluding tert-OH is 1. The normalized spacial score (nSPS) is 12.8. The van der Waals surface area contributed by atoms with E-state index < -0.39 is 6.10 Å². The van der Waals surface area contributed by atoms with Crippen LogP contribution in [0.5, 0.6) is 0 Å². The molecule has 8 heavy (non-hydrogen) atoms. The molecule has 0 aromatic carbocycles. The molecule has 0 fully saturated rings. The van der Waals surface area contributed by atoms with Crippen LogP contribution in [0.1, 0.15) is 13.3 Å². The Morgan fingerprint density at radius 1 is 2.00 bits per heavy atom. The van der Waals surface area contributed by atoms with Crippen LogP contribution in [-0.2, 0) is 28.4 Å². The van der Waals surface area contributed by atoms with Crippen LogP contribution < -0.4 is 0 Å². The first-order chi connectivity index (χ1) is 3.66. The molecule has 0 saturated heterocycles. The molecule has 1 unspecified atom stereocenters. The van der Waals surface area contributed by atoms with Gasteiger partial charge in [0.15, 0.2) is 0 Å². The maximum atomic E-state index is 10.2. The Kier molecular flexibility index (Phi) is 4.10. The van der Waals surface area contributed by atoms with Gasteiger partial charge in [-0.1, -0.05) is 0 Å². The Balaban J connectivity index is 3.25. The van der Waals surface area contributed by atoms with Gasteiger partial charge in [0.25, 0.3) is 0 Å². The molecule has 0 amide bonds. The van der Waals surface area contributed by atoms with Crippen LogP contribution in [0, 0.1) is 0 Å². The van der Waals surface area contributed by atoms with E-state index in [2.05, 4.69) is 3.39 Å². The molecule has 0 spiro atoms. The molecular formula is C4H7MoO3. The molecule has 0 aromatic rings. The third-order valence-electron chi connectivity index (χ3n) is 0.555. The molecule has 4 heteroatoms. The Morgan fingerprint density at radius 2 is 2.50 bits per heavy atom. The predicted octanol–water partition coefficient (Wildman–Crippen LogP) is -0.238. The fourth-order valence-electron chi connectivity index (χ4n) is 0.275. The van der Waals surface area contributed by atoms with Gasteiger partial charge >= 0.3 is 58.9 Å². The van der Waals surface area contributed by atoms with Crippen LogP contribution in [0.25, 0.3) is 0 Å². The van der Waals surface area contributed by atoms with Crippen molar-refractivity contribution in [1.29, 1.82) is 0 Å². The SMILES string of the molecule is CC(O)CC(=O)[O][Mo]. The Bertz CT molecular complexity index is 81.4. The van der Waals surface area contributed by atoms with Crippen molar-refractivity contribution in [3.05, 3.63) is 0 Å². The summed E-state index contributed by atoms with van der Waals surface area (Å²) in [6.45, 7) is 1.54. The van der Waals surface area contributed by atoms with E-state index in [1.165, 1.54) is 27.1 Å². The van der Waals surface area contributed by atoms with Crippen LogP contribution in [-0.4, -0.2) is 17.2 Å². The van der Waals surface area contributed by atoms with E-state index in [9.17, 15) is 4.79 Å². The van der Waals surface area contributed by atoms with E-state index in [0.717, 1.165) is 0 Å². The van der Waals surface area contributed by atoms with Crippen molar-refractivity contribution in [3.63, 3.8) is 0 Å². The first kappa shape index (κ1) is 8.12. The fraction of sp³-hybridized carbons (Fsp3) is 0.750. The molecule has 0 radical (unpaired) electrons. The molecule has 1 atom stereocenters. The van der Waals surface area contributed by atoms with Crippen molar-refractivity contribution in [2.75, 3.05) is 0 Å². The van der Waals surface area contributed by atoms with Gasteiger partial charge in [-0.05, 0) is 0 Å². The van der Waals surface area contributed by atoms with Gasteiger partial charge < -0.3 is 0 Å². The molecule has 0 heterocycles. The van der Waals surface area contributed by atoms with Gasteiger partial charge in [0.2, 0.25) is 0 Å². The molecule has 0 aliphatic carbocycles. The van der Waals surface area contributed by atoms with Crippen LogP contribution in [0.4, 0.5) is 0 Å². The van der Waals surface area contributed by atoms with Gasteiger partial charge in [0.1, 0.15) is 0 Å². The second-order valence-electron chi connectivity index (χ2n) is 1.51. The molecule has 0 saturated carbocycles. The molecule has 0 aliphatic heterocycles. The Morgan fingerprint density at radius 3 is 2.62 bits per heavy atom. The van der Waals surface area contributed by atoms with Crippen LogP contribution in [0.15, 0.2) is 0 Å². The van der Waals surface area contributed by atoms with Gasteiger partial charge in [-0.25, -0.2) is 0 Å². The second kappa shape index (κ2) is 4.04. The summed E-state index contributed by atoms with van der Waals surface area (Å²) in [5.41, 5.74) is 0. The molecule has 0 rings (SSSR count). The summed E-state index contributed by atoms with van der Waals surface area (Å²) in [6, 6.07) is 0. The average molecular weight is 199 g/mol. The molecule has 47 valence electrons. The zero-order valence-corrected chi connectivity index (χ0v) is 6.46. The zero-order valence-electron chi connectivity index (χ0n) is 4.46. The van der Waals surface area contributed by atoms with Gasteiger partial charge in [0, 0.05) is 0 Å². The van der Waals surface area contributed by atoms with Gasteiger partial charge in [-0.3, -0.25) is 0 Å². The van der Waals surface area contributed by atoms with Crippen molar-refractivity contribution in [2.45, 2.75) is 19.4 Å². The molecule has 0 aromatic heterocycles. The number of rotatable bonds is 2. The standard InChI is InChI=1S/C4H8O3.Mo/c1-3(5)2-4(6)7;/h3,5H,2H2,1H3,(H,6,7);/q;+1/p-1. The van der Waals surface area contributed by atoms with E-state index >= 15 is 0 Å². The van der Waals surface area contributed by atoms with Gasteiger partial charge in [-0.15, -0.1) is 0 Å². The van der Waals surface area contributed by atoms with Crippen molar-refractivity contribution in [1.82, 2.24) is 0 Å². The summed E-state index contributed by atoms with van der Waals surface area (Å²) in [5, 5.41) is 8.55. The summed E-state index contributed by atoms with van der Waals surface area (Å²) in [6.07, 6.45) is -0.511. The van der Waals surface area contributed by atoms with E-state index in [1.54, 1.807) is 0 Å². The Labute approximate surface area is 59.4 Å². The van der Waals surface area contributed by atoms with Crippen LogP contribution in [0.2, 0.25) is 0 Å². The zero-order chi connectivity index (χ0) is 6.57. The summed E-state index contributed by atoms with van der Waals surface area (Å²) < 4.78 is 4.27. The second-order valence-corrected chi connectivity index (χ2v) is 1.92. The van der Waals surface area contributed by atoms with E-state index in [-0.39, 0.29) is 12.4 Å². The summed E-state index contributed by atoms with van der Waals surface area (Å²) >= 11 is 1.23. The maximum absolute atomic E-state index is 10.2. The van der Waals surface area contributed by atoms with E-state index in [1.807, 2.05) is 0 Å². The van der Waals surface area contributed by atoms with Gasteiger partial charge in [0.05, 0.1) is 0 Å². The van der Waals surface area contributed by atoms with E-state index in [4.69, 9.17) is 5.11 Å². The van der Waals surface area contributed by atoms with Crippen LogP contribution >= 0.6 is 0 Å².